The van der Waals surface area contributed by atoms with Crippen molar-refractivity contribution in [1.82, 2.24) is 15.0 Å². The molecule has 156 valence electrons. The van der Waals surface area contributed by atoms with Gasteiger partial charge in [-0.1, -0.05) is 65.3 Å². The first kappa shape index (κ1) is 19.6. The van der Waals surface area contributed by atoms with Crippen LogP contribution in [0.2, 0.25) is 5.02 Å². The van der Waals surface area contributed by atoms with Crippen molar-refractivity contribution in [2.24, 2.45) is 0 Å². The summed E-state index contributed by atoms with van der Waals surface area (Å²) in [4.78, 5) is 19.4. The molecule has 0 spiro atoms. The maximum absolute atomic E-state index is 13.0. The molecule has 0 saturated carbocycles. The molecule has 5 rings (SSSR count). The molecule has 1 atom stereocenters. The van der Waals surface area contributed by atoms with Gasteiger partial charge in [0.2, 0.25) is 11.7 Å². The van der Waals surface area contributed by atoms with Crippen LogP contribution in [0.5, 0.6) is 0 Å². The van der Waals surface area contributed by atoms with Gasteiger partial charge in [0, 0.05) is 29.1 Å². The predicted octanol–water partition coefficient (Wildman–Crippen LogP) is 5.95. The minimum Gasteiger partial charge on any atom is -0.339 e. The van der Waals surface area contributed by atoms with E-state index in [2.05, 4.69) is 15.5 Å². The van der Waals surface area contributed by atoms with Crippen LogP contribution >= 0.6 is 11.6 Å². The van der Waals surface area contributed by atoms with Gasteiger partial charge in [-0.3, -0.25) is 0 Å². The monoisotopic (exact) mass is 432 g/mol. The van der Waals surface area contributed by atoms with Crippen molar-refractivity contribution in [2.75, 3.05) is 18.4 Å². The number of aromatic nitrogens is 2. The SMILES string of the molecule is O=C(Nc1cccc2ccccc12)N1CCCC(c2nc(-c3cccc(Cl)c3)no2)C1. The number of urea groups is 1. The van der Waals surface area contributed by atoms with Gasteiger partial charge >= 0.3 is 6.03 Å². The summed E-state index contributed by atoms with van der Waals surface area (Å²) in [5, 5.41) is 9.92. The van der Waals surface area contributed by atoms with Gasteiger partial charge in [-0.25, -0.2) is 4.79 Å². The number of piperidine rings is 1. The molecule has 0 radical (unpaired) electrons. The van der Waals surface area contributed by atoms with Gasteiger partial charge in [-0.15, -0.1) is 0 Å². The lowest BCUT2D eigenvalue weighted by Crippen LogP contribution is -2.41. The van der Waals surface area contributed by atoms with E-state index in [0.29, 0.717) is 29.8 Å². The van der Waals surface area contributed by atoms with Gasteiger partial charge < -0.3 is 14.7 Å². The predicted molar refractivity (Wildman–Crippen MR) is 121 cm³/mol. The molecule has 7 heteroatoms. The molecule has 0 aliphatic carbocycles. The number of carbonyl (C=O) groups excluding carboxylic acids is 1. The zero-order chi connectivity index (χ0) is 21.2. The Morgan fingerprint density at radius 3 is 2.84 bits per heavy atom. The summed E-state index contributed by atoms with van der Waals surface area (Å²) in [6.45, 7) is 1.23. The Labute approximate surface area is 184 Å². The van der Waals surface area contributed by atoms with E-state index in [0.717, 1.165) is 34.9 Å². The van der Waals surface area contributed by atoms with E-state index in [1.807, 2.05) is 59.5 Å². The largest absolute Gasteiger partial charge is 0.339 e. The van der Waals surface area contributed by atoms with Crippen molar-refractivity contribution in [2.45, 2.75) is 18.8 Å². The van der Waals surface area contributed by atoms with Crippen LogP contribution in [-0.4, -0.2) is 34.2 Å². The number of nitrogens with one attached hydrogen (secondary N) is 1. The van der Waals surface area contributed by atoms with E-state index in [-0.39, 0.29) is 11.9 Å². The molecule has 3 aromatic carbocycles. The summed E-state index contributed by atoms with van der Waals surface area (Å²) >= 11 is 6.07. The number of halogens is 1. The maximum Gasteiger partial charge on any atom is 0.321 e. The highest BCUT2D eigenvalue weighted by atomic mass is 35.5. The summed E-state index contributed by atoms with van der Waals surface area (Å²) in [6, 6.07) is 21.2. The van der Waals surface area contributed by atoms with Gasteiger partial charge in [0.05, 0.1) is 11.6 Å². The Morgan fingerprint density at radius 1 is 1.10 bits per heavy atom. The second-order valence-corrected chi connectivity index (χ2v) is 8.15. The fraction of sp³-hybridized carbons (Fsp3) is 0.208. The van der Waals surface area contributed by atoms with Crippen LogP contribution in [0.1, 0.15) is 24.7 Å². The molecule has 1 aliphatic heterocycles. The molecule has 2 amide bonds. The van der Waals surface area contributed by atoms with E-state index in [4.69, 9.17) is 16.1 Å². The van der Waals surface area contributed by atoms with E-state index in [1.54, 1.807) is 12.1 Å². The number of carbonyl (C=O) groups is 1. The smallest absolute Gasteiger partial charge is 0.321 e. The number of rotatable bonds is 3. The summed E-state index contributed by atoms with van der Waals surface area (Å²) in [5.74, 6) is 1.07. The molecule has 31 heavy (non-hydrogen) atoms. The lowest BCUT2D eigenvalue weighted by Gasteiger charge is -2.31. The number of anilines is 1. The van der Waals surface area contributed by atoms with E-state index in [1.165, 1.54) is 0 Å². The summed E-state index contributed by atoms with van der Waals surface area (Å²) in [6.07, 6.45) is 1.78. The minimum atomic E-state index is -0.115. The quantitative estimate of drug-likeness (QED) is 0.434. The fourth-order valence-electron chi connectivity index (χ4n) is 4.04. The molecule has 6 nitrogen and oxygen atoms in total. The van der Waals surface area contributed by atoms with Crippen molar-refractivity contribution < 1.29 is 9.32 Å². The third kappa shape index (κ3) is 4.11. The average Bonchev–Trinajstić information content (AvgIpc) is 3.30. The van der Waals surface area contributed by atoms with Crippen LogP contribution in [0, 0.1) is 0 Å². The van der Waals surface area contributed by atoms with Gasteiger partial charge in [0.25, 0.3) is 0 Å². The van der Waals surface area contributed by atoms with Crippen LogP contribution in [0.4, 0.5) is 10.5 Å². The van der Waals surface area contributed by atoms with Crippen molar-refractivity contribution >= 4 is 34.1 Å². The van der Waals surface area contributed by atoms with Crippen LogP contribution in [0.15, 0.2) is 71.3 Å². The molecule has 1 aromatic heterocycles. The maximum atomic E-state index is 13.0. The van der Waals surface area contributed by atoms with Crippen LogP contribution in [0.25, 0.3) is 22.2 Å². The third-order valence-electron chi connectivity index (χ3n) is 5.61. The van der Waals surface area contributed by atoms with E-state index < -0.39 is 0 Å². The number of benzene rings is 3. The first-order valence-electron chi connectivity index (χ1n) is 10.3. The molecule has 1 N–H and O–H groups in total. The summed E-state index contributed by atoms with van der Waals surface area (Å²) < 4.78 is 5.54. The number of hydrogen-bond donors (Lipinski definition) is 1. The van der Waals surface area contributed by atoms with Crippen LogP contribution in [-0.2, 0) is 0 Å². The number of hydrogen-bond acceptors (Lipinski definition) is 4. The number of amides is 2. The first-order valence-corrected chi connectivity index (χ1v) is 10.7. The summed E-state index contributed by atoms with van der Waals surface area (Å²) in [7, 11) is 0. The Hall–Kier alpha value is -3.38. The van der Waals surface area contributed by atoms with E-state index in [9.17, 15) is 4.79 Å². The summed E-state index contributed by atoms with van der Waals surface area (Å²) in [5.41, 5.74) is 1.62. The van der Waals surface area contributed by atoms with Crippen molar-refractivity contribution in [3.8, 4) is 11.4 Å². The Bertz CT molecular complexity index is 1230. The molecular formula is C24H21ClN4O2. The fourth-order valence-corrected chi connectivity index (χ4v) is 4.23. The zero-order valence-corrected chi connectivity index (χ0v) is 17.5. The highest BCUT2D eigenvalue weighted by Crippen LogP contribution is 2.29. The topological polar surface area (TPSA) is 71.3 Å². The van der Waals surface area contributed by atoms with E-state index >= 15 is 0 Å². The lowest BCUT2D eigenvalue weighted by atomic mass is 9.98. The number of fused-ring (bicyclic) bond motifs is 1. The van der Waals surface area contributed by atoms with Gasteiger partial charge in [-0.05, 0) is 36.4 Å². The highest BCUT2D eigenvalue weighted by Gasteiger charge is 2.29. The normalized spacial score (nSPS) is 16.4. The van der Waals surface area contributed by atoms with Gasteiger partial charge in [-0.2, -0.15) is 4.98 Å². The lowest BCUT2D eigenvalue weighted by molar-refractivity contribution is 0.184. The second-order valence-electron chi connectivity index (χ2n) is 7.71. The van der Waals surface area contributed by atoms with Crippen LogP contribution < -0.4 is 5.32 Å². The molecule has 1 saturated heterocycles. The zero-order valence-electron chi connectivity index (χ0n) is 16.8. The minimum absolute atomic E-state index is 0.00690. The molecular weight excluding hydrogens is 412 g/mol. The second kappa shape index (κ2) is 8.40. The van der Waals surface area contributed by atoms with Crippen molar-refractivity contribution in [3.05, 3.63) is 77.6 Å². The average molecular weight is 433 g/mol. The van der Waals surface area contributed by atoms with Gasteiger partial charge in [0.1, 0.15) is 0 Å². The highest BCUT2D eigenvalue weighted by molar-refractivity contribution is 6.30. The van der Waals surface area contributed by atoms with Gasteiger partial charge in [0.15, 0.2) is 0 Å². The van der Waals surface area contributed by atoms with Crippen molar-refractivity contribution in [3.63, 3.8) is 0 Å². The molecule has 2 heterocycles. The standard InChI is InChI=1S/C24H21ClN4O2/c25-19-10-3-8-17(14-19)22-27-23(31-28-22)18-9-5-13-29(15-18)24(30)26-21-12-4-7-16-6-1-2-11-20(16)21/h1-4,6-8,10-12,14,18H,5,9,13,15H2,(H,26,30). The third-order valence-corrected chi connectivity index (χ3v) is 5.85. The Morgan fingerprint density at radius 2 is 1.94 bits per heavy atom. The first-order chi connectivity index (χ1) is 15.2. The Balaban J connectivity index is 1.31. The van der Waals surface area contributed by atoms with Crippen molar-refractivity contribution in [1.29, 1.82) is 0 Å². The van der Waals surface area contributed by atoms with Crippen LogP contribution in [0.3, 0.4) is 0 Å². The molecule has 1 fully saturated rings. The molecule has 4 aromatic rings. The number of likely N-dealkylation sites (tertiary alicyclic amines) is 1. The molecule has 1 unspecified atom stereocenters. The molecule has 0 bridgehead atoms. The molecule has 1 aliphatic rings. The Kier molecular flexibility index (Phi) is 5.30. The number of nitrogens with zero attached hydrogens (tertiary/aromatic N) is 3.